The normalized spacial score (nSPS) is 11.2. The molecule has 4 nitrogen and oxygen atoms in total. The van der Waals surface area contributed by atoms with Gasteiger partial charge in [-0.15, -0.1) is 0 Å². The van der Waals surface area contributed by atoms with Crippen molar-refractivity contribution in [3.05, 3.63) is 435 Å². The predicted octanol–water partition coefficient (Wildman–Crippen LogP) is 32.3. The van der Waals surface area contributed by atoms with Crippen molar-refractivity contribution < 1.29 is 0 Å². The minimum absolute atomic E-state index is 0.981. The van der Waals surface area contributed by atoms with Gasteiger partial charge in [-0.25, -0.2) is 0 Å². The fraction of sp³-hybridized carbons (Fsp3) is 0.0714. The summed E-state index contributed by atoms with van der Waals surface area (Å²) in [6.45, 7) is 24.7. The van der Waals surface area contributed by atoms with Gasteiger partial charge in [-0.1, -0.05) is 285 Å². The molecule has 0 amide bonds. The Kier molecular flexibility index (Phi) is 21.3. The lowest BCUT2D eigenvalue weighted by Gasteiger charge is -2.27. The molecule has 18 rings (SSSR count). The molecule has 0 aliphatic carbocycles. The molecule has 116 heavy (non-hydrogen) atoms. The molecule has 4 heteroatoms. The highest BCUT2D eigenvalue weighted by atomic mass is 15.2. The number of benzene rings is 18. The number of hydrogen-bond donors (Lipinski definition) is 0. The molecule has 560 valence electrons. The molecular formula is C112H92N4. The van der Waals surface area contributed by atoms with E-state index in [1.165, 1.54) is 109 Å². The van der Waals surface area contributed by atoms with Crippen LogP contribution in [0.3, 0.4) is 0 Å². The smallest absolute Gasteiger partial charge is 0.0468 e. The van der Waals surface area contributed by atoms with Gasteiger partial charge in [0, 0.05) is 68.2 Å². The van der Waals surface area contributed by atoms with Crippen LogP contribution in [0.4, 0.5) is 68.2 Å². The lowest BCUT2D eigenvalue weighted by molar-refractivity contribution is 1.13. The van der Waals surface area contributed by atoms with Crippen molar-refractivity contribution in [1.82, 2.24) is 0 Å². The zero-order valence-electron chi connectivity index (χ0n) is 66.4. The van der Waals surface area contributed by atoms with Crippen molar-refractivity contribution in [1.29, 1.82) is 0 Å². The van der Waals surface area contributed by atoms with Crippen LogP contribution in [-0.2, 0) is 25.7 Å². The highest BCUT2D eigenvalue weighted by Crippen LogP contribution is 2.47. The zero-order chi connectivity index (χ0) is 79.2. The molecule has 0 radical (unpaired) electrons. The van der Waals surface area contributed by atoms with E-state index in [4.69, 9.17) is 0 Å². The molecule has 0 N–H and O–H groups in total. The summed E-state index contributed by atoms with van der Waals surface area (Å²) in [7, 11) is 0. The van der Waals surface area contributed by atoms with Gasteiger partial charge in [-0.05, 0) is 315 Å². The van der Waals surface area contributed by atoms with E-state index in [1.807, 2.05) is 24.3 Å². The largest absolute Gasteiger partial charge is 0.310 e. The summed E-state index contributed by atoms with van der Waals surface area (Å²) in [5, 5.41) is 15.0. The van der Waals surface area contributed by atoms with Crippen molar-refractivity contribution in [3.8, 4) is 22.3 Å². The van der Waals surface area contributed by atoms with Crippen LogP contribution in [0.15, 0.2) is 390 Å². The SMILES string of the molecule is C=Cc1ccc(N(c2ccc(-c3ccc4c5ccc(-c6ccc(N(c7ccc(C=C)cc7)c7cccc(CC)c7)cc6)cc5c5ccccc5c4c3)cc2)c2cccc(CC)c2)cc1.C=Cc1ccc(N(c2cccc(CC)c2)c2ccc3c4ccc(N(c5ccc(C=C)cc5)c5cccc(CC)c5)cc4c4ccccc4c3c2)cc1. The number of hydrogen-bond acceptors (Lipinski definition) is 4. The lowest BCUT2D eigenvalue weighted by Crippen LogP contribution is -2.10. The second-order valence-electron chi connectivity index (χ2n) is 29.8. The van der Waals surface area contributed by atoms with Gasteiger partial charge < -0.3 is 19.6 Å². The van der Waals surface area contributed by atoms with Gasteiger partial charge in [-0.3, -0.25) is 0 Å². The lowest BCUT2D eigenvalue weighted by atomic mass is 9.90. The summed E-state index contributed by atoms with van der Waals surface area (Å²) in [5.74, 6) is 0. The monoisotopic (exact) mass is 1490 g/mol. The van der Waals surface area contributed by atoms with Crippen LogP contribution < -0.4 is 19.6 Å². The first-order valence-corrected chi connectivity index (χ1v) is 40.5. The standard InChI is InChI=1S/C62H50N2.C50H42N2/c1-5-43-19-29-51(30-20-43)63(55-15-11-13-45(7-3)39-55)53-33-23-47(24-34-53)49-27-37-59-60-38-28-50(42-62(60)58-18-10-9-17-57(58)61(59)41-49)48-25-35-54(36-26-48)64(52-31-21-44(6-2)22-32-52)56-16-12-14-46(8-4)40-56;1-5-35-19-23-39(24-20-35)51(41-15-11-13-37(7-3)31-41)43-27-29-47-48-30-28-44(34-50(48)46-18-10-9-17-45(46)49(47)33-43)52(40-25-21-36(6-2)22-26-40)42-16-12-14-38(8-4)32-42/h5-6,9-42H,1-2,7-8H2,3-4H3;5-6,9-34H,1-2,7-8H2,3-4H3. The Hall–Kier alpha value is -14.3. The van der Waals surface area contributed by atoms with E-state index in [0.29, 0.717) is 0 Å². The highest BCUT2D eigenvalue weighted by Gasteiger charge is 2.22. The van der Waals surface area contributed by atoms with Crippen molar-refractivity contribution in [2.45, 2.75) is 53.4 Å². The van der Waals surface area contributed by atoms with E-state index >= 15 is 0 Å². The van der Waals surface area contributed by atoms with Crippen molar-refractivity contribution in [2.24, 2.45) is 0 Å². The molecule has 0 aliphatic heterocycles. The molecule has 18 aromatic carbocycles. The maximum atomic E-state index is 3.97. The topological polar surface area (TPSA) is 13.0 Å². The second-order valence-corrected chi connectivity index (χ2v) is 29.8. The first kappa shape index (κ1) is 74.4. The van der Waals surface area contributed by atoms with Gasteiger partial charge >= 0.3 is 0 Å². The molecule has 0 aromatic heterocycles. The molecule has 18 aromatic rings. The Morgan fingerprint density at radius 1 is 0.172 bits per heavy atom. The molecule has 0 spiro atoms. The van der Waals surface area contributed by atoms with Gasteiger partial charge in [0.15, 0.2) is 0 Å². The Morgan fingerprint density at radius 3 is 0.621 bits per heavy atom. The van der Waals surface area contributed by atoms with E-state index in [9.17, 15) is 0 Å². The Bertz CT molecular complexity index is 6240. The summed E-state index contributed by atoms with van der Waals surface area (Å²) in [5.41, 5.74) is 27.9. The first-order chi connectivity index (χ1) is 57.1. The quantitative estimate of drug-likeness (QED) is 0.0627. The third-order valence-corrected chi connectivity index (χ3v) is 22.9. The van der Waals surface area contributed by atoms with Crippen LogP contribution in [0, 0.1) is 0 Å². The molecule has 0 saturated carbocycles. The number of anilines is 12. The van der Waals surface area contributed by atoms with E-state index in [2.05, 4.69) is 438 Å². The fourth-order valence-electron chi connectivity index (χ4n) is 16.6. The maximum absolute atomic E-state index is 3.97. The average molecular weight is 1490 g/mol. The van der Waals surface area contributed by atoms with E-state index in [1.54, 1.807) is 0 Å². The third-order valence-electron chi connectivity index (χ3n) is 22.9. The Morgan fingerprint density at radius 2 is 0.371 bits per heavy atom. The number of rotatable bonds is 22. The minimum atomic E-state index is 0.981. The summed E-state index contributed by atoms with van der Waals surface area (Å²) in [4.78, 5) is 9.41. The van der Waals surface area contributed by atoms with Gasteiger partial charge in [0.1, 0.15) is 0 Å². The maximum Gasteiger partial charge on any atom is 0.0468 e. The van der Waals surface area contributed by atoms with E-state index in [-0.39, 0.29) is 0 Å². The van der Waals surface area contributed by atoms with E-state index < -0.39 is 0 Å². The van der Waals surface area contributed by atoms with Crippen molar-refractivity contribution in [3.63, 3.8) is 0 Å². The molecule has 0 unspecified atom stereocenters. The number of nitrogens with zero attached hydrogens (tertiary/aromatic N) is 4. The Labute approximate surface area is 682 Å². The van der Waals surface area contributed by atoms with Crippen LogP contribution in [0.5, 0.6) is 0 Å². The van der Waals surface area contributed by atoms with Crippen molar-refractivity contribution >= 4 is 157 Å². The number of aryl methyl sites for hydroxylation is 4. The second kappa shape index (κ2) is 33.2. The van der Waals surface area contributed by atoms with Crippen LogP contribution in [0.1, 0.15) is 72.2 Å². The van der Waals surface area contributed by atoms with Crippen LogP contribution >= 0.6 is 0 Å². The average Bonchev–Trinajstić information content (AvgIpc) is 0.736. The van der Waals surface area contributed by atoms with Gasteiger partial charge in [-0.2, -0.15) is 0 Å². The molecule has 0 aliphatic rings. The Balaban J connectivity index is 0.000000171. The predicted molar refractivity (Wildman–Crippen MR) is 505 cm³/mol. The molecule has 0 saturated heterocycles. The van der Waals surface area contributed by atoms with Crippen LogP contribution in [0.25, 0.3) is 111 Å². The van der Waals surface area contributed by atoms with Crippen LogP contribution in [0.2, 0.25) is 0 Å². The third kappa shape index (κ3) is 14.8. The van der Waals surface area contributed by atoms with Crippen molar-refractivity contribution in [2.75, 3.05) is 19.6 Å². The van der Waals surface area contributed by atoms with Gasteiger partial charge in [0.05, 0.1) is 0 Å². The zero-order valence-corrected chi connectivity index (χ0v) is 66.4. The molecule has 0 atom stereocenters. The summed E-state index contributed by atoms with van der Waals surface area (Å²) < 4.78 is 0. The summed E-state index contributed by atoms with van der Waals surface area (Å²) in [6.07, 6.45) is 11.5. The summed E-state index contributed by atoms with van der Waals surface area (Å²) in [6, 6.07) is 133. The molecular weight excluding hydrogens is 1400 g/mol. The summed E-state index contributed by atoms with van der Waals surface area (Å²) >= 11 is 0. The minimum Gasteiger partial charge on any atom is -0.310 e. The molecule has 0 bridgehead atoms. The number of fused-ring (bicyclic) bond motifs is 12. The van der Waals surface area contributed by atoms with E-state index in [0.717, 1.165) is 116 Å². The molecule has 0 fully saturated rings. The molecule has 0 heterocycles. The van der Waals surface area contributed by atoms with Gasteiger partial charge in [0.25, 0.3) is 0 Å². The first-order valence-electron chi connectivity index (χ1n) is 40.5. The van der Waals surface area contributed by atoms with Gasteiger partial charge in [0.2, 0.25) is 0 Å². The van der Waals surface area contributed by atoms with Crippen LogP contribution in [-0.4, -0.2) is 0 Å². The fourth-order valence-corrected chi connectivity index (χ4v) is 16.6. The highest BCUT2D eigenvalue weighted by molar-refractivity contribution is 6.28.